The fraction of sp³-hybridized carbons (Fsp3) is 0.500. The summed E-state index contributed by atoms with van der Waals surface area (Å²) in [6.07, 6.45) is 0.311. The maximum absolute atomic E-state index is 13.3. The molecule has 0 saturated carbocycles. The van der Waals surface area contributed by atoms with Crippen LogP contribution in [0.3, 0.4) is 0 Å². The van der Waals surface area contributed by atoms with E-state index in [1.54, 1.807) is 6.92 Å². The van der Waals surface area contributed by atoms with Crippen LogP contribution in [0.1, 0.15) is 46.7 Å². The van der Waals surface area contributed by atoms with Gasteiger partial charge >= 0.3 is 5.97 Å². The summed E-state index contributed by atoms with van der Waals surface area (Å²) in [5, 5.41) is 9.07. The van der Waals surface area contributed by atoms with E-state index in [1.807, 2.05) is 0 Å². The molecular weight excluding hydrogens is 228 g/mol. The predicted octanol–water partition coefficient (Wildman–Crippen LogP) is 3.07. The lowest BCUT2D eigenvalue weighted by atomic mass is 9.97. The smallest absolute Gasteiger partial charge is 0.337 e. The van der Waals surface area contributed by atoms with Crippen LogP contribution in [0.2, 0.25) is 0 Å². The van der Waals surface area contributed by atoms with Gasteiger partial charge in [0.15, 0.2) is 0 Å². The first-order chi connectivity index (χ1) is 7.70. The molecule has 94 valence electrons. The van der Waals surface area contributed by atoms with Crippen LogP contribution >= 0.6 is 0 Å². The molecule has 17 heavy (non-hydrogen) atoms. The van der Waals surface area contributed by atoms with E-state index in [9.17, 15) is 13.6 Å². The number of aromatic carboxylic acids is 1. The highest BCUT2D eigenvalue weighted by molar-refractivity contribution is 5.91. The number of carbonyl (C=O) groups is 1. The second-order valence-corrected chi connectivity index (χ2v) is 4.08. The molecule has 1 rings (SSSR count). The maximum atomic E-state index is 13.3. The minimum Gasteiger partial charge on any atom is -0.478 e. The normalized spacial score (nSPS) is 11.6. The lowest BCUT2D eigenvalue weighted by Crippen LogP contribution is -2.18. The van der Waals surface area contributed by atoms with Crippen LogP contribution in [0.25, 0.3) is 0 Å². The van der Waals surface area contributed by atoms with Crippen molar-refractivity contribution >= 4 is 5.97 Å². The van der Waals surface area contributed by atoms with Gasteiger partial charge in [-0.05, 0) is 31.4 Å². The Morgan fingerprint density at radius 3 is 2.24 bits per heavy atom. The molecule has 5 heteroatoms. The van der Waals surface area contributed by atoms with Crippen LogP contribution in [0.4, 0.5) is 8.78 Å². The second-order valence-electron chi connectivity index (χ2n) is 4.08. The summed E-state index contributed by atoms with van der Waals surface area (Å²) in [6.45, 7) is 5.47. The predicted molar refractivity (Wildman–Crippen MR) is 59.6 cm³/mol. The molecule has 1 aromatic rings. The van der Waals surface area contributed by atoms with Crippen LogP contribution in [0.5, 0.6) is 0 Å². The van der Waals surface area contributed by atoms with Gasteiger partial charge in [-0.2, -0.15) is 8.78 Å². The van der Waals surface area contributed by atoms with E-state index < -0.39 is 11.9 Å². The number of alkyl halides is 2. The van der Waals surface area contributed by atoms with Gasteiger partial charge in [-0.1, -0.05) is 6.92 Å². The zero-order valence-electron chi connectivity index (χ0n) is 10.3. The molecule has 1 aromatic heterocycles. The SMILES string of the molecule is CCc1nc(C(C)(F)F)c(C)c(C)c1C(=O)O. The fourth-order valence-corrected chi connectivity index (χ4v) is 1.82. The Hall–Kier alpha value is -1.52. The molecule has 0 fully saturated rings. The zero-order valence-corrected chi connectivity index (χ0v) is 10.3. The molecule has 0 aromatic carbocycles. The third kappa shape index (κ3) is 2.43. The summed E-state index contributed by atoms with van der Waals surface area (Å²) < 4.78 is 26.7. The van der Waals surface area contributed by atoms with E-state index in [4.69, 9.17) is 5.11 Å². The summed E-state index contributed by atoms with van der Waals surface area (Å²) in [7, 11) is 0. The Balaban J connectivity index is 3.63. The van der Waals surface area contributed by atoms with E-state index in [2.05, 4.69) is 4.98 Å². The lowest BCUT2D eigenvalue weighted by Gasteiger charge is -2.18. The van der Waals surface area contributed by atoms with Crippen molar-refractivity contribution in [3.63, 3.8) is 0 Å². The molecule has 0 saturated heterocycles. The summed E-state index contributed by atoms with van der Waals surface area (Å²) in [5.74, 6) is -4.18. The molecule has 0 aliphatic heterocycles. The van der Waals surface area contributed by atoms with Crippen LogP contribution in [0.15, 0.2) is 0 Å². The van der Waals surface area contributed by atoms with Crippen molar-refractivity contribution in [1.29, 1.82) is 0 Å². The van der Waals surface area contributed by atoms with Crippen molar-refractivity contribution in [2.24, 2.45) is 0 Å². The Morgan fingerprint density at radius 2 is 1.88 bits per heavy atom. The molecule has 0 atom stereocenters. The number of carboxylic acid groups (broad SMARTS) is 1. The fourth-order valence-electron chi connectivity index (χ4n) is 1.82. The highest BCUT2D eigenvalue weighted by Crippen LogP contribution is 2.31. The van der Waals surface area contributed by atoms with Gasteiger partial charge in [0.2, 0.25) is 0 Å². The van der Waals surface area contributed by atoms with E-state index in [-0.39, 0.29) is 22.5 Å². The summed E-state index contributed by atoms with van der Waals surface area (Å²) in [5.41, 5.74) is 0.514. The summed E-state index contributed by atoms with van der Waals surface area (Å²) in [4.78, 5) is 14.9. The Kier molecular flexibility index (Phi) is 3.50. The van der Waals surface area contributed by atoms with Crippen molar-refractivity contribution in [2.45, 2.75) is 40.0 Å². The first-order valence-corrected chi connectivity index (χ1v) is 5.31. The van der Waals surface area contributed by atoms with Gasteiger partial charge in [-0.15, -0.1) is 0 Å². The molecule has 1 N–H and O–H groups in total. The maximum Gasteiger partial charge on any atom is 0.337 e. The van der Waals surface area contributed by atoms with Crippen LogP contribution in [0, 0.1) is 13.8 Å². The Bertz CT molecular complexity index is 465. The second kappa shape index (κ2) is 4.39. The highest BCUT2D eigenvalue weighted by atomic mass is 19.3. The number of aromatic nitrogens is 1. The van der Waals surface area contributed by atoms with Crippen molar-refractivity contribution in [1.82, 2.24) is 4.98 Å². The lowest BCUT2D eigenvalue weighted by molar-refractivity contribution is 0.0116. The van der Waals surface area contributed by atoms with Crippen LogP contribution in [-0.4, -0.2) is 16.1 Å². The summed E-state index contributed by atoms with van der Waals surface area (Å²) in [6, 6.07) is 0. The molecule has 0 aliphatic carbocycles. The van der Waals surface area contributed by atoms with Crippen molar-refractivity contribution in [3.05, 3.63) is 28.1 Å². The molecule has 0 unspecified atom stereocenters. The Morgan fingerprint density at radius 1 is 1.35 bits per heavy atom. The molecule has 0 aliphatic rings. The zero-order chi connectivity index (χ0) is 13.4. The third-order valence-electron chi connectivity index (χ3n) is 2.79. The third-order valence-corrected chi connectivity index (χ3v) is 2.79. The van der Waals surface area contributed by atoms with Crippen molar-refractivity contribution < 1.29 is 18.7 Å². The topological polar surface area (TPSA) is 50.2 Å². The van der Waals surface area contributed by atoms with Crippen molar-refractivity contribution in [3.8, 4) is 0 Å². The van der Waals surface area contributed by atoms with Gasteiger partial charge in [0.1, 0.15) is 5.69 Å². The molecule has 0 radical (unpaired) electrons. The number of hydrogen-bond donors (Lipinski definition) is 1. The summed E-state index contributed by atoms with van der Waals surface area (Å²) >= 11 is 0. The first kappa shape index (κ1) is 13.5. The van der Waals surface area contributed by atoms with Gasteiger partial charge in [-0.25, -0.2) is 4.79 Å². The molecule has 0 bridgehead atoms. The molecule has 3 nitrogen and oxygen atoms in total. The molecule has 0 spiro atoms. The van der Waals surface area contributed by atoms with Gasteiger partial charge in [0.05, 0.1) is 11.3 Å². The number of rotatable bonds is 3. The van der Waals surface area contributed by atoms with Gasteiger partial charge < -0.3 is 5.11 Å². The number of carboxylic acids is 1. The number of nitrogens with zero attached hydrogens (tertiary/aromatic N) is 1. The van der Waals surface area contributed by atoms with E-state index in [1.165, 1.54) is 13.8 Å². The Labute approximate surface area is 98.5 Å². The quantitative estimate of drug-likeness (QED) is 0.887. The monoisotopic (exact) mass is 243 g/mol. The number of halogens is 2. The van der Waals surface area contributed by atoms with E-state index in [0.29, 0.717) is 12.0 Å². The minimum atomic E-state index is -3.06. The molecule has 1 heterocycles. The van der Waals surface area contributed by atoms with Gasteiger partial charge in [-0.3, -0.25) is 4.98 Å². The molecule has 0 amide bonds. The van der Waals surface area contributed by atoms with Gasteiger partial charge in [0, 0.05) is 6.92 Å². The standard InChI is InChI=1S/C12H15F2NO2/c1-5-8-9(11(16)17)6(2)7(3)10(15-8)12(4,13)14/h5H2,1-4H3,(H,16,17). The van der Waals surface area contributed by atoms with E-state index >= 15 is 0 Å². The van der Waals surface area contributed by atoms with E-state index in [0.717, 1.165) is 6.92 Å². The number of aryl methyl sites for hydroxylation is 1. The highest BCUT2D eigenvalue weighted by Gasteiger charge is 2.31. The van der Waals surface area contributed by atoms with Crippen molar-refractivity contribution in [2.75, 3.05) is 0 Å². The first-order valence-electron chi connectivity index (χ1n) is 5.31. The number of hydrogen-bond acceptors (Lipinski definition) is 2. The van der Waals surface area contributed by atoms with Gasteiger partial charge in [0.25, 0.3) is 5.92 Å². The number of pyridine rings is 1. The largest absolute Gasteiger partial charge is 0.478 e. The average Bonchev–Trinajstić information content (AvgIpc) is 2.19. The van der Waals surface area contributed by atoms with Crippen LogP contribution < -0.4 is 0 Å². The minimum absolute atomic E-state index is 0.0398. The average molecular weight is 243 g/mol. The molecular formula is C12H15F2NO2. The van der Waals surface area contributed by atoms with Crippen LogP contribution in [-0.2, 0) is 12.3 Å².